The van der Waals surface area contributed by atoms with E-state index in [2.05, 4.69) is 6.26 Å². The van der Waals surface area contributed by atoms with E-state index < -0.39 is 0 Å². The molecule has 1 saturated carbocycles. The van der Waals surface area contributed by atoms with E-state index in [-0.39, 0.29) is 0 Å². The van der Waals surface area contributed by atoms with Gasteiger partial charge in [-0.2, -0.15) is 11.8 Å². The van der Waals surface area contributed by atoms with Crippen LogP contribution in [0.5, 0.6) is 0 Å². The predicted octanol–water partition coefficient (Wildman–Crippen LogP) is 1.15. The molecule has 1 aliphatic heterocycles. The molecule has 2 nitrogen and oxygen atoms in total. The molecule has 2 fully saturated rings. The average Bonchev–Trinajstić information content (AvgIpc) is 2.65. The van der Waals surface area contributed by atoms with Crippen molar-refractivity contribution in [1.82, 2.24) is 0 Å². The van der Waals surface area contributed by atoms with Gasteiger partial charge in [0.25, 0.3) is 0 Å². The number of hydrogen-bond donors (Lipinski definition) is 0. The molecule has 70 valence electrons. The minimum absolute atomic E-state index is 0.365. The summed E-state index contributed by atoms with van der Waals surface area (Å²) in [6.07, 6.45) is 3.33. The monoisotopic (exact) mass is 206 g/mol. The lowest BCUT2D eigenvalue weighted by Gasteiger charge is -2.12. The van der Waals surface area contributed by atoms with E-state index >= 15 is 0 Å². The fourth-order valence-electron chi connectivity index (χ4n) is 1.75. The maximum Gasteiger partial charge on any atom is 0.196 e. The first-order valence-corrected chi connectivity index (χ1v) is 6.10. The lowest BCUT2D eigenvalue weighted by Crippen LogP contribution is -2.15. The Hall–Kier alpha value is 0.200. The molecule has 0 radical (unpaired) electrons. The van der Waals surface area contributed by atoms with E-state index in [4.69, 9.17) is 21.7 Å². The van der Waals surface area contributed by atoms with E-state index in [0.29, 0.717) is 17.2 Å². The Balaban J connectivity index is 1.77. The third-order valence-corrected chi connectivity index (χ3v) is 4.05. The largest absolute Gasteiger partial charge is 0.479 e. The minimum atomic E-state index is 0.365. The number of fused-ring (bicyclic) bond motifs is 1. The normalized spacial score (nSPS) is 39.2. The van der Waals surface area contributed by atoms with Crippen LogP contribution in [0.4, 0.5) is 0 Å². The van der Waals surface area contributed by atoms with Crippen molar-refractivity contribution in [1.29, 1.82) is 0 Å². The van der Waals surface area contributed by atoms with Gasteiger partial charge in [-0.15, -0.1) is 0 Å². The highest BCUT2D eigenvalue weighted by molar-refractivity contribution is 8.22. The van der Waals surface area contributed by atoms with Gasteiger partial charge in [0.05, 0.1) is 19.8 Å². The van der Waals surface area contributed by atoms with Crippen molar-refractivity contribution in [2.24, 2.45) is 11.3 Å². The van der Waals surface area contributed by atoms with Gasteiger partial charge in [-0.05, 0) is 30.8 Å². The van der Waals surface area contributed by atoms with Crippen LogP contribution in [-0.4, -0.2) is 30.5 Å². The zero-order valence-electron chi connectivity index (χ0n) is 7.13. The molecular weight excluding hydrogens is 192 g/mol. The maximum absolute atomic E-state index is 5.48. The van der Waals surface area contributed by atoms with Crippen LogP contribution in [0.1, 0.15) is 6.42 Å². The van der Waals surface area contributed by atoms with Crippen molar-refractivity contribution < 1.29 is 9.47 Å². The Morgan fingerprint density at radius 3 is 3.17 bits per heavy atom. The SMILES string of the molecule is C[SH2]C(=S)OCC12COCC1C2. The molecule has 0 spiro atoms. The van der Waals surface area contributed by atoms with Crippen LogP contribution >= 0.6 is 24.0 Å². The second-order valence-electron chi connectivity index (χ2n) is 3.60. The predicted molar refractivity (Wildman–Crippen MR) is 56.2 cm³/mol. The summed E-state index contributed by atoms with van der Waals surface area (Å²) in [6, 6.07) is 0. The molecule has 2 aliphatic rings. The highest BCUT2D eigenvalue weighted by Gasteiger charge is 2.58. The van der Waals surface area contributed by atoms with Crippen LogP contribution in [0.25, 0.3) is 0 Å². The lowest BCUT2D eigenvalue weighted by atomic mass is 10.1. The number of ether oxygens (including phenoxy) is 2. The van der Waals surface area contributed by atoms with Gasteiger partial charge in [0.1, 0.15) is 0 Å². The smallest absolute Gasteiger partial charge is 0.196 e. The molecule has 12 heavy (non-hydrogen) atoms. The van der Waals surface area contributed by atoms with Gasteiger partial charge in [-0.3, -0.25) is 0 Å². The molecule has 4 heteroatoms. The van der Waals surface area contributed by atoms with Crippen molar-refractivity contribution in [3.05, 3.63) is 0 Å². The molecular formula is C8H14O2S2. The van der Waals surface area contributed by atoms with Crippen LogP contribution in [-0.2, 0) is 9.47 Å². The van der Waals surface area contributed by atoms with Gasteiger partial charge < -0.3 is 9.47 Å². The third-order valence-electron chi connectivity index (χ3n) is 2.76. The topological polar surface area (TPSA) is 18.5 Å². The number of rotatable bonds is 2. The summed E-state index contributed by atoms with van der Waals surface area (Å²) in [4.78, 5) is 0. The first-order valence-electron chi connectivity index (χ1n) is 4.19. The second-order valence-corrected chi connectivity index (χ2v) is 5.29. The molecule has 1 aliphatic carbocycles. The second kappa shape index (κ2) is 3.16. The summed E-state index contributed by atoms with van der Waals surface area (Å²) in [5.74, 6) is 0.764. The maximum atomic E-state index is 5.48. The van der Waals surface area contributed by atoms with Gasteiger partial charge in [0.2, 0.25) is 0 Å². The van der Waals surface area contributed by atoms with Crippen LogP contribution in [0.3, 0.4) is 0 Å². The van der Waals surface area contributed by atoms with Gasteiger partial charge in [0, 0.05) is 5.41 Å². The van der Waals surface area contributed by atoms with E-state index in [0.717, 1.165) is 30.1 Å². The zero-order valence-corrected chi connectivity index (χ0v) is 8.95. The molecule has 2 rings (SSSR count). The molecule has 0 aromatic heterocycles. The highest BCUT2D eigenvalue weighted by Crippen LogP contribution is 2.56. The average molecular weight is 206 g/mol. The van der Waals surface area contributed by atoms with Crippen molar-refractivity contribution >= 4 is 28.4 Å². The fraction of sp³-hybridized carbons (Fsp3) is 0.875. The highest BCUT2D eigenvalue weighted by atomic mass is 32.2. The van der Waals surface area contributed by atoms with Crippen LogP contribution in [0.15, 0.2) is 0 Å². The first-order chi connectivity index (χ1) is 5.77. The minimum Gasteiger partial charge on any atom is -0.479 e. The number of thiocarbonyl (C=S) groups is 1. The van der Waals surface area contributed by atoms with Crippen molar-refractivity contribution in [3.63, 3.8) is 0 Å². The van der Waals surface area contributed by atoms with Crippen molar-refractivity contribution in [2.45, 2.75) is 6.42 Å². The van der Waals surface area contributed by atoms with Crippen LogP contribution in [0.2, 0.25) is 0 Å². The van der Waals surface area contributed by atoms with Gasteiger partial charge in [0.15, 0.2) is 4.38 Å². The first kappa shape index (κ1) is 8.78. The molecule has 0 N–H and O–H groups in total. The summed E-state index contributed by atoms with van der Waals surface area (Å²) in [7, 11) is 0. The van der Waals surface area contributed by atoms with E-state index in [1.807, 2.05) is 0 Å². The Labute approximate surface area is 82.0 Å². The molecule has 1 heterocycles. The van der Waals surface area contributed by atoms with Crippen molar-refractivity contribution in [3.8, 4) is 0 Å². The zero-order chi connectivity index (χ0) is 8.60. The Morgan fingerprint density at radius 2 is 2.67 bits per heavy atom. The standard InChI is InChI=1S/C8H14O2S2/c1-12-7(11)10-5-8-2-6(8)3-9-4-8/h6H,2-5,12H2,1H3. The molecule has 1 saturated heterocycles. The molecule has 0 aromatic rings. The quantitative estimate of drug-likeness (QED) is 0.632. The summed E-state index contributed by atoms with van der Waals surface area (Å²) in [5, 5.41) is 0. The molecule has 2 atom stereocenters. The van der Waals surface area contributed by atoms with E-state index in [9.17, 15) is 0 Å². The van der Waals surface area contributed by atoms with Gasteiger partial charge in [-0.25, -0.2) is 0 Å². The van der Waals surface area contributed by atoms with E-state index in [1.165, 1.54) is 6.42 Å². The lowest BCUT2D eigenvalue weighted by molar-refractivity contribution is 0.123. The Kier molecular flexibility index (Phi) is 2.31. The Morgan fingerprint density at radius 1 is 1.83 bits per heavy atom. The summed E-state index contributed by atoms with van der Waals surface area (Å²) >= 11 is 5.63. The van der Waals surface area contributed by atoms with E-state index in [1.54, 1.807) is 0 Å². The Bertz CT molecular complexity index is 207. The summed E-state index contributed by atoms with van der Waals surface area (Å²) in [5.41, 5.74) is 0.365. The van der Waals surface area contributed by atoms with Gasteiger partial charge in [-0.1, -0.05) is 0 Å². The number of hydrogen-bond acceptors (Lipinski definition) is 3. The van der Waals surface area contributed by atoms with Crippen LogP contribution < -0.4 is 0 Å². The summed E-state index contributed by atoms with van der Waals surface area (Å²) in [6.45, 7) is 2.61. The van der Waals surface area contributed by atoms with Crippen molar-refractivity contribution in [2.75, 3.05) is 26.1 Å². The molecule has 2 unspecified atom stereocenters. The summed E-state index contributed by atoms with van der Waals surface area (Å²) < 4.78 is 11.6. The molecule has 0 amide bonds. The third kappa shape index (κ3) is 1.47. The fourth-order valence-corrected chi connectivity index (χ4v) is 2.02. The van der Waals surface area contributed by atoms with Crippen LogP contribution in [0, 0.1) is 11.3 Å². The molecule has 0 aromatic carbocycles. The molecule has 0 bridgehead atoms. The van der Waals surface area contributed by atoms with Gasteiger partial charge >= 0.3 is 0 Å².